The molecule has 3 aromatic rings. The Morgan fingerprint density at radius 1 is 1.12 bits per heavy atom. The Morgan fingerprint density at radius 2 is 1.84 bits per heavy atom. The molecule has 32 heavy (non-hydrogen) atoms. The van der Waals surface area contributed by atoms with Crippen molar-refractivity contribution in [2.24, 2.45) is 5.73 Å². The van der Waals surface area contributed by atoms with Crippen LogP contribution >= 0.6 is 11.3 Å². The normalized spacial score (nSPS) is 18.2. The average Bonchev–Trinajstić information content (AvgIpc) is 3.23. The minimum absolute atomic E-state index is 0.0772. The molecule has 0 radical (unpaired) electrons. The summed E-state index contributed by atoms with van der Waals surface area (Å²) < 4.78 is 16.9. The van der Waals surface area contributed by atoms with Crippen LogP contribution in [-0.4, -0.2) is 49.3 Å². The van der Waals surface area contributed by atoms with E-state index < -0.39 is 0 Å². The lowest BCUT2D eigenvalue weighted by Crippen LogP contribution is -2.42. The summed E-state index contributed by atoms with van der Waals surface area (Å²) >= 11 is 1.42. The number of methoxy groups -OCH3 is 3. The molecule has 170 valence electrons. The summed E-state index contributed by atoms with van der Waals surface area (Å²) in [5, 5.41) is 8.03. The quantitative estimate of drug-likeness (QED) is 0.492. The van der Waals surface area contributed by atoms with E-state index in [0.29, 0.717) is 40.0 Å². The summed E-state index contributed by atoms with van der Waals surface area (Å²) in [5.74, 6) is 1.56. The smallest absolute Gasteiger partial charge is 0.258 e. The second-order valence-corrected chi connectivity index (χ2v) is 8.53. The van der Waals surface area contributed by atoms with Gasteiger partial charge in [0.2, 0.25) is 11.7 Å². The number of amides is 1. The molecule has 4 N–H and O–H groups in total. The number of hydrogen-bond acceptors (Lipinski definition) is 9. The van der Waals surface area contributed by atoms with Crippen LogP contribution in [0.15, 0.2) is 23.7 Å². The van der Waals surface area contributed by atoms with Crippen LogP contribution in [0.2, 0.25) is 0 Å². The van der Waals surface area contributed by atoms with Gasteiger partial charge in [0.05, 0.1) is 43.3 Å². The maximum Gasteiger partial charge on any atom is 0.258 e. The predicted molar refractivity (Wildman–Crippen MR) is 125 cm³/mol. The van der Waals surface area contributed by atoms with Crippen LogP contribution in [-0.2, 0) is 0 Å². The van der Waals surface area contributed by atoms with Crippen molar-refractivity contribution in [3.8, 4) is 17.2 Å². The number of carbonyl (C=O) groups excluding carboxylic acids is 1. The monoisotopic (exact) mass is 457 g/mol. The Bertz CT molecular complexity index is 1090. The number of thiophene rings is 1. The zero-order valence-electron chi connectivity index (χ0n) is 18.3. The highest BCUT2D eigenvalue weighted by molar-refractivity contribution is 7.17. The van der Waals surface area contributed by atoms with Gasteiger partial charge < -0.3 is 30.6 Å². The standard InChI is InChI=1S/C22H27N5O4S/c1-29-16-8-12(9-17(30-2)20(16)31-3)25-21(28)13-11-32-18-10-24-22(27-19(13)18)26-15-7-5-4-6-14(15)23/h8-11,14-15H,4-7,23H2,1-3H3,(H,25,28)(H,24,26,27). The lowest BCUT2D eigenvalue weighted by Gasteiger charge is -2.29. The molecule has 2 aromatic heterocycles. The van der Waals surface area contributed by atoms with Gasteiger partial charge in [0.1, 0.15) is 0 Å². The molecule has 0 aliphatic heterocycles. The lowest BCUT2D eigenvalue weighted by atomic mass is 9.91. The highest BCUT2D eigenvalue weighted by atomic mass is 32.1. The Hall–Kier alpha value is -3.11. The van der Waals surface area contributed by atoms with E-state index in [2.05, 4.69) is 20.6 Å². The van der Waals surface area contributed by atoms with Crippen molar-refractivity contribution in [2.45, 2.75) is 37.8 Å². The molecular formula is C22H27N5O4S. The minimum Gasteiger partial charge on any atom is -0.493 e. The second-order valence-electron chi connectivity index (χ2n) is 7.62. The molecule has 1 saturated carbocycles. The fourth-order valence-corrected chi connectivity index (χ4v) is 4.76. The largest absolute Gasteiger partial charge is 0.493 e. The van der Waals surface area contributed by atoms with Crippen LogP contribution in [0, 0.1) is 0 Å². The van der Waals surface area contributed by atoms with E-state index in [1.165, 1.54) is 32.7 Å². The number of rotatable bonds is 7. The third kappa shape index (κ3) is 4.42. The molecule has 1 aliphatic carbocycles. The van der Waals surface area contributed by atoms with Gasteiger partial charge >= 0.3 is 0 Å². The summed E-state index contributed by atoms with van der Waals surface area (Å²) in [6.45, 7) is 0. The number of aromatic nitrogens is 2. The van der Waals surface area contributed by atoms with Crippen LogP contribution in [0.5, 0.6) is 17.2 Å². The second kappa shape index (κ2) is 9.58. The Morgan fingerprint density at radius 3 is 2.50 bits per heavy atom. The van der Waals surface area contributed by atoms with Crippen molar-refractivity contribution in [1.29, 1.82) is 0 Å². The summed E-state index contributed by atoms with van der Waals surface area (Å²) in [5.41, 5.74) is 7.83. The molecular weight excluding hydrogens is 430 g/mol. The van der Waals surface area contributed by atoms with E-state index in [-0.39, 0.29) is 18.0 Å². The molecule has 1 aromatic carbocycles. The first-order valence-electron chi connectivity index (χ1n) is 10.4. The Balaban J connectivity index is 1.59. The molecule has 0 saturated heterocycles. The third-order valence-electron chi connectivity index (χ3n) is 5.62. The fraction of sp³-hybridized carbons (Fsp3) is 0.409. The van der Waals surface area contributed by atoms with Gasteiger partial charge in [0.25, 0.3) is 5.91 Å². The molecule has 10 heteroatoms. The van der Waals surface area contributed by atoms with E-state index in [9.17, 15) is 4.79 Å². The van der Waals surface area contributed by atoms with Gasteiger partial charge in [-0.2, -0.15) is 0 Å². The van der Waals surface area contributed by atoms with E-state index in [4.69, 9.17) is 19.9 Å². The number of nitrogens with two attached hydrogens (primary N) is 1. The average molecular weight is 458 g/mol. The van der Waals surface area contributed by atoms with Crippen molar-refractivity contribution in [2.75, 3.05) is 32.0 Å². The van der Waals surface area contributed by atoms with Crippen LogP contribution in [0.3, 0.4) is 0 Å². The van der Waals surface area contributed by atoms with Gasteiger partial charge in [-0.1, -0.05) is 12.8 Å². The third-order valence-corrected chi connectivity index (χ3v) is 6.52. The molecule has 2 heterocycles. The molecule has 1 fully saturated rings. The van der Waals surface area contributed by atoms with Crippen molar-refractivity contribution < 1.29 is 19.0 Å². The van der Waals surface area contributed by atoms with Gasteiger partial charge in [-0.15, -0.1) is 11.3 Å². The van der Waals surface area contributed by atoms with E-state index >= 15 is 0 Å². The molecule has 1 aliphatic rings. The highest BCUT2D eigenvalue weighted by Gasteiger charge is 2.23. The van der Waals surface area contributed by atoms with Gasteiger partial charge in [0.15, 0.2) is 11.5 Å². The number of benzene rings is 1. The number of carbonyl (C=O) groups is 1. The SMILES string of the molecule is COc1cc(NC(=O)c2csc3cnc(NC4CCCCC4N)nc23)cc(OC)c1OC. The summed E-state index contributed by atoms with van der Waals surface area (Å²) in [6.07, 6.45) is 5.99. The lowest BCUT2D eigenvalue weighted by molar-refractivity contribution is 0.102. The summed E-state index contributed by atoms with van der Waals surface area (Å²) in [6, 6.07) is 3.57. The zero-order chi connectivity index (χ0) is 22.7. The highest BCUT2D eigenvalue weighted by Crippen LogP contribution is 2.40. The molecule has 9 nitrogen and oxygen atoms in total. The first-order chi connectivity index (χ1) is 15.5. The van der Waals surface area contributed by atoms with Crippen LogP contribution < -0.4 is 30.6 Å². The Labute approximate surface area is 190 Å². The van der Waals surface area contributed by atoms with Gasteiger partial charge in [-0.3, -0.25) is 4.79 Å². The van der Waals surface area contributed by atoms with Crippen LogP contribution in [0.4, 0.5) is 11.6 Å². The van der Waals surface area contributed by atoms with Crippen molar-refractivity contribution in [3.05, 3.63) is 29.3 Å². The van der Waals surface area contributed by atoms with Gasteiger partial charge in [-0.05, 0) is 12.8 Å². The molecule has 1 amide bonds. The van der Waals surface area contributed by atoms with Crippen LogP contribution in [0.1, 0.15) is 36.0 Å². The number of nitrogens with one attached hydrogen (secondary N) is 2. The Kier molecular flexibility index (Phi) is 6.61. The van der Waals surface area contributed by atoms with E-state index in [1.54, 1.807) is 23.7 Å². The van der Waals surface area contributed by atoms with Gasteiger partial charge in [0, 0.05) is 35.3 Å². The maximum atomic E-state index is 13.1. The first kappa shape index (κ1) is 22.1. The number of nitrogens with zero attached hydrogens (tertiary/aromatic N) is 2. The fourth-order valence-electron chi connectivity index (χ4n) is 3.92. The molecule has 0 bridgehead atoms. The van der Waals surface area contributed by atoms with Crippen molar-refractivity contribution >= 4 is 39.1 Å². The topological polar surface area (TPSA) is 121 Å². The number of fused-ring (bicyclic) bond motifs is 1. The molecule has 0 spiro atoms. The summed E-state index contributed by atoms with van der Waals surface area (Å²) in [4.78, 5) is 22.1. The van der Waals surface area contributed by atoms with Crippen LogP contribution in [0.25, 0.3) is 10.2 Å². The summed E-state index contributed by atoms with van der Waals surface area (Å²) in [7, 11) is 4.58. The minimum atomic E-state index is -0.287. The number of ether oxygens (including phenoxy) is 3. The maximum absolute atomic E-state index is 13.1. The van der Waals surface area contributed by atoms with Gasteiger partial charge in [-0.25, -0.2) is 9.97 Å². The van der Waals surface area contributed by atoms with Crippen molar-refractivity contribution in [1.82, 2.24) is 9.97 Å². The predicted octanol–water partition coefficient (Wildman–Crippen LogP) is 3.65. The zero-order valence-corrected chi connectivity index (χ0v) is 19.1. The number of hydrogen-bond donors (Lipinski definition) is 3. The molecule has 4 rings (SSSR count). The van der Waals surface area contributed by atoms with E-state index in [0.717, 1.165) is 30.4 Å². The molecule has 2 unspecified atom stereocenters. The first-order valence-corrected chi connectivity index (χ1v) is 11.3. The number of anilines is 2. The van der Waals surface area contributed by atoms with Crippen molar-refractivity contribution in [3.63, 3.8) is 0 Å². The molecule has 2 atom stereocenters. The van der Waals surface area contributed by atoms with E-state index in [1.807, 2.05) is 0 Å².